The lowest BCUT2D eigenvalue weighted by Crippen LogP contribution is -2.08. The number of benzene rings is 1. The normalized spacial score (nSPS) is 12.2. The predicted molar refractivity (Wildman–Crippen MR) is 72.6 cm³/mol. The second kappa shape index (κ2) is 6.37. The van der Waals surface area contributed by atoms with E-state index in [4.69, 9.17) is 0 Å². The minimum absolute atomic E-state index is 0.541. The van der Waals surface area contributed by atoms with Crippen molar-refractivity contribution in [2.45, 2.75) is 40.0 Å². The molecule has 1 N–H and O–H groups in total. The lowest BCUT2D eigenvalue weighted by molar-refractivity contribution is 0.576. The molecule has 0 heterocycles. The van der Waals surface area contributed by atoms with Crippen molar-refractivity contribution in [2.24, 2.45) is 5.92 Å². The van der Waals surface area contributed by atoms with E-state index in [9.17, 15) is 0 Å². The summed E-state index contributed by atoms with van der Waals surface area (Å²) >= 11 is 0. The molecule has 0 spiro atoms. The molecule has 0 amide bonds. The number of para-hydroxylation sites is 1. The fourth-order valence-electron chi connectivity index (χ4n) is 1.69. The van der Waals surface area contributed by atoms with Gasteiger partial charge < -0.3 is 5.32 Å². The summed E-state index contributed by atoms with van der Waals surface area (Å²) in [4.78, 5) is 0. The quantitative estimate of drug-likeness (QED) is 0.725. The van der Waals surface area contributed by atoms with Gasteiger partial charge in [-0.3, -0.25) is 0 Å². The van der Waals surface area contributed by atoms with Crippen LogP contribution in [-0.2, 0) is 0 Å². The summed E-state index contributed by atoms with van der Waals surface area (Å²) < 4.78 is 0. The number of hydrogen-bond acceptors (Lipinski definition) is 1. The smallest absolute Gasteiger partial charge is 0.0411 e. The maximum absolute atomic E-state index is 4.13. The molecule has 1 atom stereocenters. The zero-order valence-electron chi connectivity index (χ0n) is 10.7. The fourth-order valence-corrected chi connectivity index (χ4v) is 1.69. The second-order valence-electron chi connectivity index (χ2n) is 4.51. The Labute approximate surface area is 99.6 Å². The maximum Gasteiger partial charge on any atom is 0.0411 e. The van der Waals surface area contributed by atoms with Crippen LogP contribution in [-0.4, -0.2) is 0 Å². The first kappa shape index (κ1) is 12.8. The van der Waals surface area contributed by atoms with Gasteiger partial charge in [0.1, 0.15) is 0 Å². The zero-order chi connectivity index (χ0) is 12.0. The fraction of sp³-hybridized carbons (Fsp3) is 0.467. The van der Waals surface area contributed by atoms with Crippen molar-refractivity contribution in [1.29, 1.82) is 0 Å². The minimum atomic E-state index is 0.541. The minimum Gasteiger partial charge on any atom is -0.359 e. The monoisotopic (exact) mass is 217 g/mol. The first-order valence-corrected chi connectivity index (χ1v) is 6.16. The van der Waals surface area contributed by atoms with E-state index in [0.29, 0.717) is 5.92 Å². The van der Waals surface area contributed by atoms with Gasteiger partial charge in [-0.1, -0.05) is 51.5 Å². The summed E-state index contributed by atoms with van der Waals surface area (Å²) in [6.45, 7) is 10.7. The Hall–Kier alpha value is -1.24. The van der Waals surface area contributed by atoms with E-state index in [1.807, 2.05) is 0 Å². The molecule has 1 rings (SSSR count). The molecule has 16 heavy (non-hydrogen) atoms. The van der Waals surface area contributed by atoms with E-state index in [1.54, 1.807) is 0 Å². The van der Waals surface area contributed by atoms with Crippen LogP contribution in [0.5, 0.6) is 0 Å². The predicted octanol–water partition coefficient (Wildman–Crippen LogP) is 4.75. The van der Waals surface area contributed by atoms with Crippen LogP contribution < -0.4 is 5.32 Å². The topological polar surface area (TPSA) is 12.0 Å². The summed E-state index contributed by atoms with van der Waals surface area (Å²) in [5.41, 5.74) is 3.57. The molecule has 0 saturated heterocycles. The van der Waals surface area contributed by atoms with E-state index < -0.39 is 0 Å². The zero-order valence-corrected chi connectivity index (χ0v) is 10.7. The van der Waals surface area contributed by atoms with E-state index in [-0.39, 0.29) is 0 Å². The highest BCUT2D eigenvalue weighted by molar-refractivity contribution is 5.54. The van der Waals surface area contributed by atoms with Gasteiger partial charge in [0.15, 0.2) is 0 Å². The maximum atomic E-state index is 4.13. The van der Waals surface area contributed by atoms with Gasteiger partial charge in [0.25, 0.3) is 0 Å². The number of allylic oxidation sites excluding steroid dienone is 1. The standard InChI is InChI=1S/C15H23N/c1-5-6-9-12(2)14(4)16-15-11-8-7-10-13(15)3/h7-8,10-12,16H,4-6,9H2,1-3H3. The molecule has 0 aliphatic carbocycles. The van der Waals surface area contributed by atoms with Gasteiger partial charge in [-0.25, -0.2) is 0 Å². The molecular weight excluding hydrogens is 194 g/mol. The number of aryl methyl sites for hydroxylation is 1. The molecule has 1 nitrogen and oxygen atoms in total. The number of nitrogens with one attached hydrogen (secondary N) is 1. The van der Waals surface area contributed by atoms with Crippen molar-refractivity contribution in [3.8, 4) is 0 Å². The summed E-state index contributed by atoms with van der Waals surface area (Å²) in [6.07, 6.45) is 3.74. The lowest BCUT2D eigenvalue weighted by atomic mass is 10.0. The van der Waals surface area contributed by atoms with Crippen molar-refractivity contribution in [3.63, 3.8) is 0 Å². The van der Waals surface area contributed by atoms with Crippen LogP contribution in [0.25, 0.3) is 0 Å². The SMILES string of the molecule is C=C(Nc1ccccc1C)C(C)CCCC. The number of hydrogen-bond donors (Lipinski definition) is 1. The molecular formula is C15H23N. The Morgan fingerprint density at radius 3 is 2.69 bits per heavy atom. The average Bonchev–Trinajstić information content (AvgIpc) is 2.28. The largest absolute Gasteiger partial charge is 0.359 e. The number of rotatable bonds is 6. The summed E-state index contributed by atoms with van der Waals surface area (Å²) in [5, 5.41) is 3.42. The third-order valence-corrected chi connectivity index (χ3v) is 3.03. The first-order valence-electron chi connectivity index (χ1n) is 6.16. The summed E-state index contributed by atoms with van der Waals surface area (Å²) in [6, 6.07) is 8.34. The third kappa shape index (κ3) is 3.73. The molecule has 0 bridgehead atoms. The molecule has 1 unspecified atom stereocenters. The highest BCUT2D eigenvalue weighted by Crippen LogP contribution is 2.21. The van der Waals surface area contributed by atoms with Gasteiger partial charge in [0.2, 0.25) is 0 Å². The Bertz CT molecular complexity index is 341. The highest BCUT2D eigenvalue weighted by Gasteiger charge is 2.07. The van der Waals surface area contributed by atoms with Crippen molar-refractivity contribution in [3.05, 3.63) is 42.1 Å². The van der Waals surface area contributed by atoms with Crippen LogP contribution in [0.3, 0.4) is 0 Å². The van der Waals surface area contributed by atoms with Crippen LogP contribution in [0.15, 0.2) is 36.5 Å². The molecule has 0 aliphatic rings. The van der Waals surface area contributed by atoms with E-state index in [2.05, 4.69) is 56.9 Å². The van der Waals surface area contributed by atoms with E-state index in [1.165, 1.54) is 30.5 Å². The molecule has 0 aromatic heterocycles. The summed E-state index contributed by atoms with van der Waals surface area (Å²) in [5.74, 6) is 0.541. The molecule has 0 aliphatic heterocycles. The van der Waals surface area contributed by atoms with Crippen LogP contribution in [0.4, 0.5) is 5.69 Å². The van der Waals surface area contributed by atoms with Crippen LogP contribution in [0.1, 0.15) is 38.7 Å². The van der Waals surface area contributed by atoms with Gasteiger partial charge >= 0.3 is 0 Å². The van der Waals surface area contributed by atoms with Gasteiger partial charge in [0.05, 0.1) is 0 Å². The molecule has 88 valence electrons. The van der Waals surface area contributed by atoms with Crippen LogP contribution in [0.2, 0.25) is 0 Å². The number of anilines is 1. The number of unbranched alkanes of at least 4 members (excludes halogenated alkanes) is 1. The third-order valence-electron chi connectivity index (χ3n) is 3.03. The lowest BCUT2D eigenvalue weighted by Gasteiger charge is -2.17. The Morgan fingerprint density at radius 2 is 2.06 bits per heavy atom. The average molecular weight is 217 g/mol. The van der Waals surface area contributed by atoms with Crippen molar-refractivity contribution >= 4 is 5.69 Å². The van der Waals surface area contributed by atoms with Crippen LogP contribution >= 0.6 is 0 Å². The molecule has 1 heteroatoms. The Kier molecular flexibility index (Phi) is 5.10. The molecule has 0 radical (unpaired) electrons. The summed E-state index contributed by atoms with van der Waals surface area (Å²) in [7, 11) is 0. The molecule has 1 aromatic carbocycles. The molecule has 0 fully saturated rings. The second-order valence-corrected chi connectivity index (χ2v) is 4.51. The van der Waals surface area contributed by atoms with Crippen molar-refractivity contribution < 1.29 is 0 Å². The van der Waals surface area contributed by atoms with E-state index >= 15 is 0 Å². The van der Waals surface area contributed by atoms with E-state index in [0.717, 1.165) is 5.70 Å². The van der Waals surface area contributed by atoms with Crippen LogP contribution in [0, 0.1) is 12.8 Å². The Balaban J connectivity index is 2.54. The van der Waals surface area contributed by atoms with Crippen molar-refractivity contribution in [2.75, 3.05) is 5.32 Å². The van der Waals surface area contributed by atoms with Gasteiger partial charge in [0, 0.05) is 11.4 Å². The molecule has 1 aromatic rings. The van der Waals surface area contributed by atoms with Gasteiger partial charge in [-0.2, -0.15) is 0 Å². The Morgan fingerprint density at radius 1 is 1.38 bits per heavy atom. The van der Waals surface area contributed by atoms with Gasteiger partial charge in [-0.05, 0) is 30.9 Å². The van der Waals surface area contributed by atoms with Gasteiger partial charge in [-0.15, -0.1) is 0 Å². The first-order chi connectivity index (χ1) is 7.65. The highest BCUT2D eigenvalue weighted by atomic mass is 14.9. The van der Waals surface area contributed by atoms with Crippen molar-refractivity contribution in [1.82, 2.24) is 0 Å². The molecule has 0 saturated carbocycles.